The summed E-state index contributed by atoms with van der Waals surface area (Å²) in [6.07, 6.45) is 0.896. The smallest absolute Gasteiger partial charge is 0.416 e. The molecule has 1 aliphatic heterocycles. The first-order chi connectivity index (χ1) is 13.3. The largest absolute Gasteiger partial charge is 0.488 e. The molecule has 5 nitrogen and oxygen atoms in total. The van der Waals surface area contributed by atoms with E-state index in [2.05, 4.69) is 0 Å². The van der Waals surface area contributed by atoms with Crippen LogP contribution in [-0.2, 0) is 22.4 Å². The van der Waals surface area contributed by atoms with E-state index in [1.165, 1.54) is 4.90 Å². The number of ether oxygens (including phenoxy) is 2. The van der Waals surface area contributed by atoms with Crippen molar-refractivity contribution in [3.05, 3.63) is 65.7 Å². The summed E-state index contributed by atoms with van der Waals surface area (Å²) in [4.78, 5) is 26.0. The zero-order chi connectivity index (χ0) is 20.1. The van der Waals surface area contributed by atoms with Gasteiger partial charge >= 0.3 is 6.09 Å². The summed E-state index contributed by atoms with van der Waals surface area (Å²) in [5.41, 5.74) is 1.86. The van der Waals surface area contributed by atoms with Gasteiger partial charge in [-0.3, -0.25) is 4.79 Å². The summed E-state index contributed by atoms with van der Waals surface area (Å²) < 4.78 is 10.9. The van der Waals surface area contributed by atoms with Gasteiger partial charge in [0.15, 0.2) is 0 Å². The van der Waals surface area contributed by atoms with Crippen molar-refractivity contribution in [2.75, 3.05) is 6.61 Å². The zero-order valence-electron chi connectivity index (χ0n) is 16.7. The molecule has 0 bridgehead atoms. The first kappa shape index (κ1) is 19.9. The van der Waals surface area contributed by atoms with Crippen molar-refractivity contribution in [3.63, 3.8) is 0 Å². The first-order valence-corrected chi connectivity index (χ1v) is 9.62. The number of carbonyl (C=O) groups excluding carboxylic acids is 2. The monoisotopic (exact) mass is 381 g/mol. The van der Waals surface area contributed by atoms with Gasteiger partial charge in [-0.2, -0.15) is 0 Å². The van der Waals surface area contributed by atoms with Crippen LogP contribution in [0.25, 0.3) is 0 Å². The predicted octanol–water partition coefficient (Wildman–Crippen LogP) is 4.39. The molecular formula is C23H27NO4. The highest BCUT2D eigenvalue weighted by Gasteiger charge is 2.37. The first-order valence-electron chi connectivity index (χ1n) is 9.62. The number of nitrogens with zero attached hydrogens (tertiary/aromatic N) is 1. The van der Waals surface area contributed by atoms with E-state index in [0.717, 1.165) is 16.9 Å². The lowest BCUT2D eigenvalue weighted by Gasteiger charge is -2.21. The van der Waals surface area contributed by atoms with Crippen LogP contribution >= 0.6 is 0 Å². The van der Waals surface area contributed by atoms with Crippen molar-refractivity contribution in [2.45, 2.75) is 51.7 Å². The molecule has 2 aromatic rings. The van der Waals surface area contributed by atoms with Gasteiger partial charge in [0.25, 0.3) is 0 Å². The number of rotatable bonds is 6. The van der Waals surface area contributed by atoms with E-state index in [1.54, 1.807) is 0 Å². The molecule has 3 rings (SSSR count). The lowest BCUT2D eigenvalue weighted by atomic mass is 10.0. The van der Waals surface area contributed by atoms with E-state index >= 15 is 0 Å². The van der Waals surface area contributed by atoms with Crippen LogP contribution in [0, 0.1) is 0 Å². The Balaban J connectivity index is 1.57. The fraction of sp³-hybridized carbons (Fsp3) is 0.391. The summed E-state index contributed by atoms with van der Waals surface area (Å²) in [5.74, 6) is 0.604. The Labute approximate surface area is 166 Å². The van der Waals surface area contributed by atoms with Crippen molar-refractivity contribution in [1.82, 2.24) is 4.90 Å². The Kier molecular flexibility index (Phi) is 6.02. The van der Waals surface area contributed by atoms with Crippen LogP contribution in [0.15, 0.2) is 54.6 Å². The van der Waals surface area contributed by atoms with Crippen molar-refractivity contribution < 1.29 is 19.1 Å². The van der Waals surface area contributed by atoms with Crippen molar-refractivity contribution >= 4 is 12.0 Å². The predicted molar refractivity (Wildman–Crippen MR) is 107 cm³/mol. The molecule has 1 fully saturated rings. The minimum Gasteiger partial charge on any atom is -0.488 e. The van der Waals surface area contributed by atoms with E-state index in [1.807, 2.05) is 75.4 Å². The number of benzene rings is 2. The molecule has 28 heavy (non-hydrogen) atoms. The van der Waals surface area contributed by atoms with Crippen LogP contribution in [0.2, 0.25) is 0 Å². The third-order valence-corrected chi connectivity index (χ3v) is 4.52. The van der Waals surface area contributed by atoms with E-state index < -0.39 is 6.09 Å². The summed E-state index contributed by atoms with van der Waals surface area (Å²) in [5, 5.41) is 0. The zero-order valence-corrected chi connectivity index (χ0v) is 16.7. The second kappa shape index (κ2) is 8.46. The van der Waals surface area contributed by atoms with Gasteiger partial charge in [0.2, 0.25) is 5.91 Å². The van der Waals surface area contributed by atoms with Gasteiger partial charge in [-0.1, -0.05) is 42.5 Å². The molecule has 0 spiro atoms. The third-order valence-electron chi connectivity index (χ3n) is 4.52. The maximum absolute atomic E-state index is 12.7. The summed E-state index contributed by atoms with van der Waals surface area (Å²) in [6, 6.07) is 17.3. The molecule has 0 aliphatic carbocycles. The molecule has 0 radical (unpaired) electrons. The molecule has 5 heteroatoms. The van der Waals surface area contributed by atoms with Crippen LogP contribution in [0.5, 0.6) is 5.75 Å². The molecular weight excluding hydrogens is 354 g/mol. The van der Waals surface area contributed by atoms with Gasteiger partial charge in [-0.15, -0.1) is 0 Å². The SMILES string of the molecule is CC(C)(C)Oc1ccc(CCC(=O)N2C(=O)OC[C@@H]2Cc2ccccc2)cc1. The Bertz CT molecular complexity index is 809. The van der Waals surface area contributed by atoms with Gasteiger partial charge in [-0.05, 0) is 56.9 Å². The van der Waals surface area contributed by atoms with E-state index in [0.29, 0.717) is 12.8 Å². The number of carbonyl (C=O) groups is 2. The molecule has 2 amide bonds. The lowest BCUT2D eigenvalue weighted by Crippen LogP contribution is -2.40. The minimum absolute atomic E-state index is 0.196. The molecule has 0 N–H and O–H groups in total. The fourth-order valence-corrected chi connectivity index (χ4v) is 3.25. The summed E-state index contributed by atoms with van der Waals surface area (Å²) in [7, 11) is 0. The summed E-state index contributed by atoms with van der Waals surface area (Å²) >= 11 is 0. The molecule has 1 aliphatic rings. The Morgan fingerprint density at radius 2 is 1.75 bits per heavy atom. The number of imide groups is 1. The number of amides is 2. The molecule has 1 saturated heterocycles. The Morgan fingerprint density at radius 1 is 1.07 bits per heavy atom. The maximum atomic E-state index is 12.7. The van der Waals surface area contributed by atoms with Gasteiger partial charge in [-0.25, -0.2) is 9.69 Å². The van der Waals surface area contributed by atoms with Crippen LogP contribution in [0.4, 0.5) is 4.79 Å². The topological polar surface area (TPSA) is 55.8 Å². The Hall–Kier alpha value is -2.82. The van der Waals surface area contributed by atoms with Crippen molar-refractivity contribution in [3.8, 4) is 5.75 Å². The van der Waals surface area contributed by atoms with Crippen LogP contribution in [0.3, 0.4) is 0 Å². The minimum atomic E-state index is -0.542. The lowest BCUT2D eigenvalue weighted by molar-refractivity contribution is -0.129. The number of hydrogen-bond donors (Lipinski definition) is 0. The van der Waals surface area contributed by atoms with Crippen LogP contribution in [0.1, 0.15) is 38.3 Å². The number of hydrogen-bond acceptors (Lipinski definition) is 4. The standard InChI is InChI=1S/C23H27NO4/c1-23(2,3)28-20-12-9-17(10-13-20)11-14-21(25)24-19(16-27-22(24)26)15-18-7-5-4-6-8-18/h4-10,12-13,19H,11,14-16H2,1-3H3/t19-/m0/s1. The second-order valence-electron chi connectivity index (χ2n) is 8.04. The van der Waals surface area contributed by atoms with Gasteiger partial charge in [0.1, 0.15) is 18.0 Å². The number of cyclic esters (lactones) is 1. The average Bonchev–Trinajstić information content (AvgIpc) is 3.01. The molecule has 0 saturated carbocycles. The molecule has 2 aromatic carbocycles. The molecule has 1 heterocycles. The van der Waals surface area contributed by atoms with Gasteiger partial charge < -0.3 is 9.47 Å². The van der Waals surface area contributed by atoms with E-state index in [4.69, 9.17) is 9.47 Å². The fourth-order valence-electron chi connectivity index (χ4n) is 3.25. The van der Waals surface area contributed by atoms with Crippen molar-refractivity contribution in [2.24, 2.45) is 0 Å². The Morgan fingerprint density at radius 3 is 2.39 bits per heavy atom. The molecule has 0 unspecified atom stereocenters. The maximum Gasteiger partial charge on any atom is 0.416 e. The molecule has 1 atom stereocenters. The van der Waals surface area contributed by atoms with E-state index in [9.17, 15) is 9.59 Å². The van der Waals surface area contributed by atoms with Gasteiger partial charge in [0.05, 0.1) is 6.04 Å². The van der Waals surface area contributed by atoms with Crippen LogP contribution < -0.4 is 4.74 Å². The highest BCUT2D eigenvalue weighted by Crippen LogP contribution is 2.21. The third kappa shape index (κ3) is 5.35. The molecule has 0 aromatic heterocycles. The summed E-state index contributed by atoms with van der Waals surface area (Å²) in [6.45, 7) is 6.25. The highest BCUT2D eigenvalue weighted by atomic mass is 16.6. The second-order valence-corrected chi connectivity index (χ2v) is 8.04. The average molecular weight is 381 g/mol. The molecule has 148 valence electrons. The van der Waals surface area contributed by atoms with Crippen molar-refractivity contribution in [1.29, 1.82) is 0 Å². The van der Waals surface area contributed by atoms with Gasteiger partial charge in [0, 0.05) is 6.42 Å². The normalized spacial score (nSPS) is 16.8. The van der Waals surface area contributed by atoms with Crippen LogP contribution in [-0.4, -0.2) is 35.2 Å². The highest BCUT2D eigenvalue weighted by molar-refractivity contribution is 5.93. The number of aryl methyl sites for hydroxylation is 1. The van der Waals surface area contributed by atoms with E-state index in [-0.39, 0.29) is 30.6 Å². The quantitative estimate of drug-likeness (QED) is 0.745.